The van der Waals surface area contributed by atoms with Gasteiger partial charge >= 0.3 is 0 Å². The molecule has 3 aliphatic rings. The van der Waals surface area contributed by atoms with Crippen molar-refractivity contribution in [2.75, 3.05) is 5.32 Å². The van der Waals surface area contributed by atoms with Gasteiger partial charge in [-0.1, -0.05) is 42.5 Å². The van der Waals surface area contributed by atoms with E-state index < -0.39 is 17.8 Å². The zero-order valence-electron chi connectivity index (χ0n) is 16.9. The van der Waals surface area contributed by atoms with Gasteiger partial charge in [0.15, 0.2) is 0 Å². The number of carbonyl (C=O) groups excluding carboxylic acids is 1. The summed E-state index contributed by atoms with van der Waals surface area (Å²) < 4.78 is 1.55. The lowest BCUT2D eigenvalue weighted by Crippen LogP contribution is -2.46. The fraction of sp³-hybridized carbons (Fsp3) is 0.160. The zero-order chi connectivity index (χ0) is 21.6. The molecule has 32 heavy (non-hydrogen) atoms. The van der Waals surface area contributed by atoms with Gasteiger partial charge in [-0.15, -0.1) is 0 Å². The number of rotatable bonds is 0. The van der Waals surface area contributed by atoms with Gasteiger partial charge in [-0.2, -0.15) is 0 Å². The molecule has 3 aliphatic heterocycles. The molecule has 7 heteroatoms. The number of nitrogens with zero attached hydrogens (tertiary/aromatic N) is 3. The van der Waals surface area contributed by atoms with E-state index in [0.29, 0.717) is 28.0 Å². The minimum Gasteiger partial charge on any atom is -0.381 e. The Labute approximate surface area is 182 Å². The summed E-state index contributed by atoms with van der Waals surface area (Å²) in [6.07, 6.45) is -0.410. The van der Waals surface area contributed by atoms with Gasteiger partial charge < -0.3 is 15.3 Å². The second-order valence-electron chi connectivity index (χ2n) is 8.59. The van der Waals surface area contributed by atoms with Crippen LogP contribution in [-0.2, 0) is 5.60 Å². The Balaban J connectivity index is 1.56. The summed E-state index contributed by atoms with van der Waals surface area (Å²) in [6.45, 7) is 0. The number of anilines is 1. The van der Waals surface area contributed by atoms with E-state index in [9.17, 15) is 14.7 Å². The topological polar surface area (TPSA) is 87.5 Å². The summed E-state index contributed by atoms with van der Waals surface area (Å²) in [5, 5.41) is 15.6. The van der Waals surface area contributed by atoms with E-state index in [2.05, 4.69) is 5.32 Å². The molecular formula is C25H18N4O3. The Hall–Kier alpha value is -3.97. The molecule has 7 rings (SSSR count). The number of carbonyl (C=O) groups is 1. The number of benzene rings is 3. The SMILES string of the molecule is O=C1c2ccccc2-n2c(nc3ccccc3c2=O)C2CC3(O)c4ccccc4NC3N12. The molecule has 3 aromatic carbocycles. The molecule has 1 aromatic heterocycles. The molecule has 0 aliphatic carbocycles. The number of aliphatic hydroxyl groups is 1. The Bertz CT molecular complexity index is 1530. The van der Waals surface area contributed by atoms with Crippen molar-refractivity contribution in [3.8, 4) is 5.69 Å². The lowest BCUT2D eigenvalue weighted by atomic mass is 9.91. The standard InChI is InChI=1S/C25H18N4O3/c30-22-14-7-1-4-10-17(14)26-21-20-13-25(32)16-9-3-5-11-18(16)27-24(25)29(20)23(31)15-8-2-6-12-19(15)28(21)22/h1-12,20,24,27,32H,13H2. The molecule has 156 valence electrons. The summed E-state index contributed by atoms with van der Waals surface area (Å²) in [7, 11) is 0. The minimum absolute atomic E-state index is 0.217. The lowest BCUT2D eigenvalue weighted by Gasteiger charge is -2.29. The highest BCUT2D eigenvalue weighted by molar-refractivity contribution is 6.00. The molecule has 1 amide bonds. The average molecular weight is 422 g/mol. The van der Waals surface area contributed by atoms with Crippen LogP contribution in [-0.4, -0.2) is 31.6 Å². The van der Waals surface area contributed by atoms with Crippen LogP contribution >= 0.6 is 0 Å². The van der Waals surface area contributed by atoms with E-state index in [4.69, 9.17) is 4.98 Å². The van der Waals surface area contributed by atoms with E-state index in [0.717, 1.165) is 11.3 Å². The fourth-order valence-corrected chi connectivity index (χ4v) is 5.56. The van der Waals surface area contributed by atoms with Crippen LogP contribution in [0.5, 0.6) is 0 Å². The Morgan fingerprint density at radius 3 is 2.62 bits per heavy atom. The molecule has 2 N–H and O–H groups in total. The number of hydrogen-bond acceptors (Lipinski definition) is 5. The molecule has 3 unspecified atom stereocenters. The Kier molecular flexibility index (Phi) is 3.22. The van der Waals surface area contributed by atoms with E-state index >= 15 is 0 Å². The van der Waals surface area contributed by atoms with Gasteiger partial charge in [-0.25, -0.2) is 4.98 Å². The first-order valence-corrected chi connectivity index (χ1v) is 10.6. The second kappa shape index (κ2) is 5.83. The van der Waals surface area contributed by atoms with Gasteiger partial charge in [-0.05, 0) is 30.3 Å². The van der Waals surface area contributed by atoms with Crippen LogP contribution in [0.15, 0.2) is 77.6 Å². The molecule has 4 aromatic rings. The van der Waals surface area contributed by atoms with Crippen LogP contribution in [0.25, 0.3) is 16.6 Å². The third-order valence-corrected chi connectivity index (χ3v) is 6.97. The van der Waals surface area contributed by atoms with Crippen molar-refractivity contribution in [3.63, 3.8) is 0 Å². The van der Waals surface area contributed by atoms with E-state index in [1.165, 1.54) is 0 Å². The van der Waals surface area contributed by atoms with Gasteiger partial charge in [0.05, 0.1) is 28.2 Å². The van der Waals surface area contributed by atoms with Gasteiger partial charge in [-0.3, -0.25) is 14.2 Å². The second-order valence-corrected chi connectivity index (χ2v) is 8.59. The van der Waals surface area contributed by atoms with Crippen molar-refractivity contribution in [1.29, 1.82) is 0 Å². The van der Waals surface area contributed by atoms with Crippen LogP contribution in [0.2, 0.25) is 0 Å². The van der Waals surface area contributed by atoms with E-state index in [1.807, 2.05) is 42.5 Å². The summed E-state index contributed by atoms with van der Waals surface area (Å²) in [5.41, 5.74) is 1.58. The van der Waals surface area contributed by atoms with Crippen LogP contribution in [0.3, 0.4) is 0 Å². The predicted molar refractivity (Wildman–Crippen MR) is 119 cm³/mol. The van der Waals surface area contributed by atoms with Crippen molar-refractivity contribution in [2.24, 2.45) is 0 Å². The third-order valence-electron chi connectivity index (χ3n) is 6.97. The number of amides is 1. The smallest absolute Gasteiger partial charge is 0.266 e. The Morgan fingerprint density at radius 2 is 1.72 bits per heavy atom. The van der Waals surface area contributed by atoms with Crippen LogP contribution in [0.4, 0.5) is 5.69 Å². The molecule has 0 bridgehead atoms. The number of para-hydroxylation sites is 3. The molecule has 0 saturated carbocycles. The molecule has 1 saturated heterocycles. The van der Waals surface area contributed by atoms with Crippen LogP contribution < -0.4 is 10.9 Å². The molecule has 0 radical (unpaired) electrons. The van der Waals surface area contributed by atoms with Crippen molar-refractivity contribution in [2.45, 2.75) is 24.2 Å². The maximum Gasteiger partial charge on any atom is 0.266 e. The van der Waals surface area contributed by atoms with Gasteiger partial charge in [0, 0.05) is 17.7 Å². The average Bonchev–Trinajstić information content (AvgIpc) is 3.23. The molecule has 4 heterocycles. The van der Waals surface area contributed by atoms with Gasteiger partial charge in [0.25, 0.3) is 11.5 Å². The van der Waals surface area contributed by atoms with Crippen LogP contribution in [0, 0.1) is 0 Å². The van der Waals surface area contributed by atoms with Crippen molar-refractivity contribution in [3.05, 3.63) is 100 Å². The summed E-state index contributed by atoms with van der Waals surface area (Å²) >= 11 is 0. The lowest BCUT2D eigenvalue weighted by molar-refractivity contribution is 0.0185. The first-order valence-electron chi connectivity index (χ1n) is 10.6. The van der Waals surface area contributed by atoms with Crippen LogP contribution in [0.1, 0.15) is 34.2 Å². The van der Waals surface area contributed by atoms with Crippen molar-refractivity contribution >= 4 is 22.5 Å². The summed E-state index contributed by atoms with van der Waals surface area (Å²) in [4.78, 5) is 34.0. The van der Waals surface area contributed by atoms with Gasteiger partial charge in [0.1, 0.15) is 17.6 Å². The van der Waals surface area contributed by atoms with Crippen molar-refractivity contribution in [1.82, 2.24) is 14.5 Å². The normalized spacial score (nSPS) is 24.8. The first-order chi connectivity index (χ1) is 15.6. The summed E-state index contributed by atoms with van der Waals surface area (Å²) in [6, 6.07) is 21.3. The number of nitrogens with one attached hydrogen (secondary N) is 1. The highest BCUT2D eigenvalue weighted by atomic mass is 16.3. The first kappa shape index (κ1) is 17.7. The Morgan fingerprint density at radius 1 is 0.969 bits per heavy atom. The zero-order valence-corrected chi connectivity index (χ0v) is 16.9. The summed E-state index contributed by atoms with van der Waals surface area (Å²) in [5.74, 6) is 0.231. The molecule has 7 nitrogen and oxygen atoms in total. The molecular weight excluding hydrogens is 404 g/mol. The fourth-order valence-electron chi connectivity index (χ4n) is 5.56. The third kappa shape index (κ3) is 2.01. The number of fused-ring (bicyclic) bond motifs is 10. The predicted octanol–water partition coefficient (Wildman–Crippen LogP) is 2.93. The minimum atomic E-state index is -1.28. The molecule has 0 spiro atoms. The maximum absolute atomic E-state index is 13.9. The maximum atomic E-state index is 13.9. The monoisotopic (exact) mass is 422 g/mol. The quantitative estimate of drug-likeness (QED) is 0.455. The van der Waals surface area contributed by atoms with E-state index in [1.54, 1.807) is 39.8 Å². The highest BCUT2D eigenvalue weighted by Crippen LogP contribution is 2.54. The highest BCUT2D eigenvalue weighted by Gasteiger charge is 2.60. The number of hydrogen-bond donors (Lipinski definition) is 2. The number of aromatic nitrogens is 2. The van der Waals surface area contributed by atoms with Crippen molar-refractivity contribution < 1.29 is 9.90 Å². The largest absolute Gasteiger partial charge is 0.381 e. The molecule has 1 fully saturated rings. The van der Waals surface area contributed by atoms with Gasteiger partial charge in [0.2, 0.25) is 0 Å². The molecule has 3 atom stereocenters. The van der Waals surface area contributed by atoms with E-state index in [-0.39, 0.29) is 17.9 Å².